The Morgan fingerprint density at radius 3 is 2.79 bits per heavy atom. The topological polar surface area (TPSA) is 70.6 Å². The van der Waals surface area contributed by atoms with Gasteiger partial charge in [-0.25, -0.2) is 4.79 Å². The van der Waals surface area contributed by atoms with Crippen LogP contribution < -0.4 is 15.4 Å². The zero-order chi connectivity index (χ0) is 17.7. The molecule has 0 radical (unpaired) electrons. The van der Waals surface area contributed by atoms with Crippen molar-refractivity contribution in [3.8, 4) is 5.75 Å². The van der Waals surface area contributed by atoms with Crippen molar-refractivity contribution in [3.63, 3.8) is 0 Å². The van der Waals surface area contributed by atoms with Gasteiger partial charge in [0.15, 0.2) is 0 Å². The van der Waals surface area contributed by atoms with Crippen LogP contribution in [-0.2, 0) is 0 Å². The molecule has 2 rings (SSSR count). The number of para-hydroxylation sites is 1. The van der Waals surface area contributed by atoms with Crippen molar-refractivity contribution in [1.82, 2.24) is 10.6 Å². The van der Waals surface area contributed by atoms with Gasteiger partial charge in [0.25, 0.3) is 0 Å². The number of carbonyl (C=O) groups is 1. The van der Waals surface area contributed by atoms with Crippen LogP contribution in [0.4, 0.5) is 4.79 Å². The Labute approximate surface area is 144 Å². The first-order valence-electron chi connectivity index (χ1n) is 8.77. The molecule has 134 valence electrons. The lowest BCUT2D eigenvalue weighted by molar-refractivity contribution is 0.0475. The maximum atomic E-state index is 12.1. The average Bonchev–Trinajstić information content (AvgIpc) is 2.95. The molecule has 3 atom stereocenters. The number of nitrogens with one attached hydrogen (secondary N) is 2. The van der Waals surface area contributed by atoms with Gasteiger partial charge in [-0.05, 0) is 38.7 Å². The molecular weight excluding hydrogens is 304 g/mol. The predicted molar refractivity (Wildman–Crippen MR) is 95.4 cm³/mol. The van der Waals surface area contributed by atoms with Crippen LogP contribution in [0.1, 0.15) is 52.0 Å². The molecular formula is C19H30N2O3. The van der Waals surface area contributed by atoms with E-state index in [0.717, 1.165) is 17.7 Å². The number of ether oxygens (including phenoxy) is 1. The van der Waals surface area contributed by atoms with Gasteiger partial charge in [-0.1, -0.05) is 32.0 Å². The minimum atomic E-state index is -0.881. The Balaban J connectivity index is 1.80. The van der Waals surface area contributed by atoms with Gasteiger partial charge in [-0.3, -0.25) is 0 Å². The number of carbonyl (C=O) groups excluding carboxylic acids is 1. The summed E-state index contributed by atoms with van der Waals surface area (Å²) in [6, 6.07) is 7.63. The SMILES string of the molecule is CC(C)CCC(C)(O)CNC(=O)NC(C)C1COc2ccccc21. The van der Waals surface area contributed by atoms with E-state index in [1.165, 1.54) is 0 Å². The summed E-state index contributed by atoms with van der Waals surface area (Å²) >= 11 is 0. The van der Waals surface area contributed by atoms with E-state index in [2.05, 4.69) is 24.5 Å². The van der Waals surface area contributed by atoms with Crippen molar-refractivity contribution in [2.24, 2.45) is 5.92 Å². The number of urea groups is 1. The highest BCUT2D eigenvalue weighted by Crippen LogP contribution is 2.35. The quantitative estimate of drug-likeness (QED) is 0.718. The Bertz CT molecular complexity index is 557. The monoisotopic (exact) mass is 334 g/mol. The summed E-state index contributed by atoms with van der Waals surface area (Å²) < 4.78 is 5.67. The number of fused-ring (bicyclic) bond motifs is 1. The molecule has 1 aromatic rings. The van der Waals surface area contributed by atoms with Gasteiger partial charge in [0, 0.05) is 24.1 Å². The number of aliphatic hydroxyl groups is 1. The largest absolute Gasteiger partial charge is 0.493 e. The zero-order valence-electron chi connectivity index (χ0n) is 15.1. The standard InChI is InChI=1S/C19H30N2O3/c1-13(2)9-10-19(4,23)12-20-18(22)21-14(3)16-11-24-17-8-6-5-7-15(16)17/h5-8,13-14,16,23H,9-12H2,1-4H3,(H2,20,21,22). The van der Waals surface area contributed by atoms with Gasteiger partial charge in [0.1, 0.15) is 5.75 Å². The van der Waals surface area contributed by atoms with Gasteiger partial charge >= 0.3 is 6.03 Å². The lowest BCUT2D eigenvalue weighted by Crippen LogP contribution is -2.48. The maximum Gasteiger partial charge on any atom is 0.315 e. The second-order valence-corrected chi connectivity index (χ2v) is 7.50. The van der Waals surface area contributed by atoms with E-state index in [9.17, 15) is 9.90 Å². The summed E-state index contributed by atoms with van der Waals surface area (Å²) in [6.07, 6.45) is 1.60. The maximum absolute atomic E-state index is 12.1. The van der Waals surface area contributed by atoms with E-state index >= 15 is 0 Å². The molecule has 0 aliphatic carbocycles. The first-order valence-corrected chi connectivity index (χ1v) is 8.77. The summed E-state index contributed by atoms with van der Waals surface area (Å²) in [5, 5.41) is 16.1. The van der Waals surface area contributed by atoms with Crippen molar-refractivity contribution in [2.45, 2.75) is 58.1 Å². The van der Waals surface area contributed by atoms with Crippen LogP contribution >= 0.6 is 0 Å². The Morgan fingerprint density at radius 2 is 2.08 bits per heavy atom. The zero-order valence-corrected chi connectivity index (χ0v) is 15.1. The third-order valence-electron chi connectivity index (χ3n) is 4.59. The fourth-order valence-electron chi connectivity index (χ4n) is 2.92. The lowest BCUT2D eigenvalue weighted by Gasteiger charge is -2.26. The first-order chi connectivity index (χ1) is 11.3. The van der Waals surface area contributed by atoms with Crippen LogP contribution in [0.2, 0.25) is 0 Å². The van der Waals surface area contributed by atoms with Crippen LogP contribution in [0.3, 0.4) is 0 Å². The fraction of sp³-hybridized carbons (Fsp3) is 0.632. The predicted octanol–water partition coefficient (Wildman–Crippen LogP) is 3.04. The molecule has 24 heavy (non-hydrogen) atoms. The van der Waals surface area contributed by atoms with E-state index in [0.29, 0.717) is 18.9 Å². The molecule has 0 spiro atoms. The number of rotatable bonds is 7. The van der Waals surface area contributed by atoms with Crippen LogP contribution in [0.5, 0.6) is 5.75 Å². The molecule has 0 saturated carbocycles. The number of hydrogen-bond acceptors (Lipinski definition) is 3. The molecule has 0 aromatic heterocycles. The Morgan fingerprint density at radius 1 is 1.38 bits per heavy atom. The first kappa shape index (κ1) is 18.6. The molecule has 1 aliphatic rings. The number of benzene rings is 1. The average molecular weight is 334 g/mol. The van der Waals surface area contributed by atoms with Crippen LogP contribution in [0.25, 0.3) is 0 Å². The van der Waals surface area contributed by atoms with Gasteiger partial charge < -0.3 is 20.5 Å². The molecule has 1 aromatic carbocycles. The highest BCUT2D eigenvalue weighted by molar-refractivity contribution is 5.74. The number of hydrogen-bond donors (Lipinski definition) is 3. The minimum absolute atomic E-state index is 0.0470. The van der Waals surface area contributed by atoms with Crippen molar-refractivity contribution in [2.75, 3.05) is 13.2 Å². The molecule has 5 nitrogen and oxygen atoms in total. The summed E-state index contributed by atoms with van der Waals surface area (Å²) in [4.78, 5) is 12.1. The molecule has 3 unspecified atom stereocenters. The van der Waals surface area contributed by atoms with Crippen LogP contribution in [0.15, 0.2) is 24.3 Å². The van der Waals surface area contributed by atoms with E-state index in [1.807, 2.05) is 31.2 Å². The second-order valence-electron chi connectivity index (χ2n) is 7.50. The third-order valence-corrected chi connectivity index (χ3v) is 4.59. The van der Waals surface area contributed by atoms with Gasteiger partial charge in [0.05, 0.1) is 12.2 Å². The second kappa shape index (κ2) is 7.88. The fourth-order valence-corrected chi connectivity index (χ4v) is 2.92. The lowest BCUT2D eigenvalue weighted by atomic mass is 9.94. The summed E-state index contributed by atoms with van der Waals surface area (Å²) in [7, 11) is 0. The molecule has 1 heterocycles. The van der Waals surface area contributed by atoms with Crippen molar-refractivity contribution in [3.05, 3.63) is 29.8 Å². The molecule has 3 N–H and O–H groups in total. The Kier molecular flexibility index (Phi) is 6.10. The van der Waals surface area contributed by atoms with E-state index < -0.39 is 5.60 Å². The molecule has 0 saturated heterocycles. The van der Waals surface area contributed by atoms with Crippen LogP contribution in [-0.4, -0.2) is 35.9 Å². The summed E-state index contributed by atoms with van der Waals surface area (Å²) in [5.41, 5.74) is 0.253. The van der Waals surface area contributed by atoms with Crippen molar-refractivity contribution < 1.29 is 14.6 Å². The summed E-state index contributed by atoms with van der Waals surface area (Å²) in [6.45, 7) is 8.81. The van der Waals surface area contributed by atoms with Crippen molar-refractivity contribution >= 4 is 6.03 Å². The smallest absolute Gasteiger partial charge is 0.315 e. The third kappa shape index (κ3) is 5.13. The Hall–Kier alpha value is -1.75. The molecule has 5 heteroatoms. The van der Waals surface area contributed by atoms with Gasteiger partial charge in [-0.2, -0.15) is 0 Å². The van der Waals surface area contributed by atoms with E-state index in [1.54, 1.807) is 6.92 Å². The van der Waals surface area contributed by atoms with E-state index in [4.69, 9.17) is 4.74 Å². The number of amides is 2. The normalized spacial score (nSPS) is 20.0. The highest BCUT2D eigenvalue weighted by atomic mass is 16.5. The van der Waals surface area contributed by atoms with Crippen LogP contribution in [0, 0.1) is 5.92 Å². The van der Waals surface area contributed by atoms with Gasteiger partial charge in [-0.15, -0.1) is 0 Å². The highest BCUT2D eigenvalue weighted by Gasteiger charge is 2.30. The van der Waals surface area contributed by atoms with Gasteiger partial charge in [0.2, 0.25) is 0 Å². The summed E-state index contributed by atoms with van der Waals surface area (Å²) in [5.74, 6) is 1.58. The molecule has 2 amide bonds. The van der Waals surface area contributed by atoms with Crippen molar-refractivity contribution in [1.29, 1.82) is 0 Å². The molecule has 1 aliphatic heterocycles. The minimum Gasteiger partial charge on any atom is -0.493 e. The molecule has 0 bridgehead atoms. The van der Waals surface area contributed by atoms with E-state index in [-0.39, 0.29) is 24.5 Å². The molecule has 0 fully saturated rings.